The topological polar surface area (TPSA) is 33.1 Å². The van der Waals surface area contributed by atoms with Crippen molar-refractivity contribution in [3.05, 3.63) is 75.9 Å². The Morgan fingerprint density at radius 3 is 2.62 bits per heavy atom. The molecule has 2 aromatic carbocycles. The van der Waals surface area contributed by atoms with E-state index in [1.54, 1.807) is 18.3 Å². The van der Waals surface area contributed by atoms with Gasteiger partial charge in [-0.25, -0.2) is 0 Å². The second-order valence-electron chi connectivity index (χ2n) is 4.89. The molecule has 0 amide bonds. The van der Waals surface area contributed by atoms with Gasteiger partial charge in [-0.2, -0.15) is 0 Å². The van der Waals surface area contributed by atoms with Crippen molar-refractivity contribution in [3.8, 4) is 0 Å². The minimum atomic E-state index is -0.616. The monoisotopic (exact) mass is 317 g/mol. The minimum absolute atomic E-state index is 0.477. The fraction of sp³-hybridized carbons (Fsp3) is 0.118. The summed E-state index contributed by atoms with van der Waals surface area (Å²) < 4.78 is 0. The largest absolute Gasteiger partial charge is 0.388 e. The Balaban J connectivity index is 1.93. The first-order valence-electron chi connectivity index (χ1n) is 6.61. The van der Waals surface area contributed by atoms with Crippen LogP contribution in [0.25, 0.3) is 10.9 Å². The predicted molar refractivity (Wildman–Crippen MR) is 86.9 cm³/mol. The number of aliphatic hydroxyl groups excluding tert-OH is 1. The average Bonchev–Trinajstić information content (AvgIpc) is 2.50. The Hall–Kier alpha value is -1.61. The van der Waals surface area contributed by atoms with Crippen molar-refractivity contribution in [1.82, 2.24) is 4.98 Å². The summed E-state index contributed by atoms with van der Waals surface area (Å²) in [7, 11) is 0. The molecule has 4 heteroatoms. The molecule has 1 heterocycles. The smallest absolute Gasteiger partial charge is 0.0837 e. The van der Waals surface area contributed by atoms with Gasteiger partial charge in [-0.1, -0.05) is 47.5 Å². The zero-order valence-corrected chi connectivity index (χ0v) is 12.6. The van der Waals surface area contributed by atoms with Crippen LogP contribution in [0.15, 0.2) is 54.7 Å². The molecular formula is C17H13Cl2NO. The van der Waals surface area contributed by atoms with Crippen LogP contribution in [0.5, 0.6) is 0 Å². The van der Waals surface area contributed by atoms with Crippen molar-refractivity contribution in [2.24, 2.45) is 0 Å². The molecule has 0 spiro atoms. The van der Waals surface area contributed by atoms with E-state index < -0.39 is 6.10 Å². The van der Waals surface area contributed by atoms with Gasteiger partial charge in [-0.05, 0) is 35.4 Å². The lowest BCUT2D eigenvalue weighted by molar-refractivity contribution is 0.180. The van der Waals surface area contributed by atoms with Crippen LogP contribution >= 0.6 is 23.2 Å². The molecule has 0 aliphatic carbocycles. The average molecular weight is 318 g/mol. The van der Waals surface area contributed by atoms with Crippen LogP contribution in [0.3, 0.4) is 0 Å². The Morgan fingerprint density at radius 2 is 1.81 bits per heavy atom. The molecule has 106 valence electrons. The molecule has 1 atom stereocenters. The number of pyridine rings is 1. The van der Waals surface area contributed by atoms with Gasteiger partial charge < -0.3 is 5.11 Å². The van der Waals surface area contributed by atoms with Crippen molar-refractivity contribution >= 4 is 34.1 Å². The summed E-state index contributed by atoms with van der Waals surface area (Å²) in [6.07, 6.45) is 1.58. The molecule has 0 fully saturated rings. The van der Waals surface area contributed by atoms with Crippen molar-refractivity contribution < 1.29 is 5.11 Å². The molecule has 0 aliphatic heterocycles. The van der Waals surface area contributed by atoms with Crippen molar-refractivity contribution in [2.45, 2.75) is 12.5 Å². The van der Waals surface area contributed by atoms with Crippen LogP contribution in [0.2, 0.25) is 10.0 Å². The molecule has 0 radical (unpaired) electrons. The molecule has 0 saturated carbocycles. The van der Waals surface area contributed by atoms with Gasteiger partial charge in [-0.3, -0.25) is 4.98 Å². The van der Waals surface area contributed by atoms with E-state index >= 15 is 0 Å². The second kappa shape index (κ2) is 6.02. The zero-order chi connectivity index (χ0) is 14.8. The molecule has 0 bridgehead atoms. The lowest BCUT2D eigenvalue weighted by atomic mass is 9.98. The summed E-state index contributed by atoms with van der Waals surface area (Å²) in [4.78, 5) is 4.31. The van der Waals surface area contributed by atoms with Crippen LogP contribution in [0.1, 0.15) is 17.2 Å². The maximum atomic E-state index is 10.5. The molecule has 0 aliphatic rings. The summed E-state index contributed by atoms with van der Waals surface area (Å²) in [5.41, 5.74) is 2.69. The van der Waals surface area contributed by atoms with Crippen molar-refractivity contribution in [1.29, 1.82) is 0 Å². The van der Waals surface area contributed by atoms with Gasteiger partial charge >= 0.3 is 0 Å². The molecule has 21 heavy (non-hydrogen) atoms. The van der Waals surface area contributed by atoms with Gasteiger partial charge in [0.15, 0.2) is 0 Å². The highest BCUT2D eigenvalue weighted by molar-refractivity contribution is 6.42. The number of para-hydroxylation sites is 1. The van der Waals surface area contributed by atoms with Gasteiger partial charge in [-0.15, -0.1) is 0 Å². The molecule has 3 rings (SSSR count). The number of aliphatic hydroxyl groups is 1. The van der Waals surface area contributed by atoms with Gasteiger partial charge in [0.2, 0.25) is 0 Å². The predicted octanol–water partition coefficient (Wildman–Crippen LogP) is 4.82. The highest BCUT2D eigenvalue weighted by atomic mass is 35.5. The molecule has 0 saturated heterocycles. The maximum Gasteiger partial charge on any atom is 0.0837 e. The first-order chi connectivity index (χ1) is 10.1. The third-order valence-corrected chi connectivity index (χ3v) is 4.19. The van der Waals surface area contributed by atoms with Crippen LogP contribution in [0, 0.1) is 0 Å². The van der Waals surface area contributed by atoms with Gasteiger partial charge in [0, 0.05) is 18.0 Å². The third kappa shape index (κ3) is 3.03. The summed E-state index contributed by atoms with van der Waals surface area (Å²) in [6, 6.07) is 15.0. The summed E-state index contributed by atoms with van der Waals surface area (Å²) >= 11 is 11.9. The van der Waals surface area contributed by atoms with E-state index in [4.69, 9.17) is 23.2 Å². The van der Waals surface area contributed by atoms with Gasteiger partial charge in [0.05, 0.1) is 21.7 Å². The van der Waals surface area contributed by atoms with Crippen LogP contribution in [-0.4, -0.2) is 10.1 Å². The van der Waals surface area contributed by atoms with Crippen molar-refractivity contribution in [3.63, 3.8) is 0 Å². The molecule has 1 N–H and O–H groups in total. The number of benzene rings is 2. The molecular weight excluding hydrogens is 305 g/mol. The standard InChI is InChI=1S/C17H13Cl2NO/c18-14-6-5-11(9-15(14)19)10-17(21)13-7-8-20-16-4-2-1-3-12(13)16/h1-9,17,21H,10H2. The Kier molecular flexibility index (Phi) is 4.11. The minimum Gasteiger partial charge on any atom is -0.388 e. The maximum absolute atomic E-state index is 10.5. The molecule has 1 unspecified atom stereocenters. The SMILES string of the molecule is OC(Cc1ccc(Cl)c(Cl)c1)c1ccnc2ccccc12. The lowest BCUT2D eigenvalue weighted by Crippen LogP contribution is -2.03. The van der Waals surface area contributed by atoms with E-state index in [1.165, 1.54) is 0 Å². The summed E-state index contributed by atoms with van der Waals surface area (Å²) in [6.45, 7) is 0. The number of rotatable bonds is 3. The molecule has 3 aromatic rings. The number of hydrogen-bond acceptors (Lipinski definition) is 2. The summed E-state index contributed by atoms with van der Waals surface area (Å²) in [5, 5.41) is 12.5. The highest BCUT2D eigenvalue weighted by Gasteiger charge is 2.13. The van der Waals surface area contributed by atoms with Gasteiger partial charge in [0.25, 0.3) is 0 Å². The third-order valence-electron chi connectivity index (χ3n) is 3.45. The number of aromatic nitrogens is 1. The Bertz CT molecular complexity index is 783. The van der Waals surface area contributed by atoms with E-state index in [-0.39, 0.29) is 0 Å². The normalized spacial score (nSPS) is 12.5. The second-order valence-corrected chi connectivity index (χ2v) is 5.70. The van der Waals surface area contributed by atoms with Crippen molar-refractivity contribution in [2.75, 3.05) is 0 Å². The van der Waals surface area contributed by atoms with Crippen LogP contribution < -0.4 is 0 Å². The quantitative estimate of drug-likeness (QED) is 0.751. The number of fused-ring (bicyclic) bond motifs is 1. The first kappa shape index (κ1) is 14.3. The highest BCUT2D eigenvalue weighted by Crippen LogP contribution is 2.28. The van der Waals surface area contributed by atoms with Crippen LogP contribution in [0.4, 0.5) is 0 Å². The fourth-order valence-electron chi connectivity index (χ4n) is 2.41. The fourth-order valence-corrected chi connectivity index (χ4v) is 2.73. The number of halogens is 2. The van der Waals surface area contributed by atoms with E-state index in [9.17, 15) is 5.11 Å². The number of nitrogens with zero attached hydrogens (tertiary/aromatic N) is 1. The van der Waals surface area contributed by atoms with E-state index in [0.29, 0.717) is 16.5 Å². The van der Waals surface area contributed by atoms with E-state index in [2.05, 4.69) is 4.98 Å². The zero-order valence-electron chi connectivity index (χ0n) is 11.1. The summed E-state index contributed by atoms with van der Waals surface area (Å²) in [5.74, 6) is 0. The van der Waals surface area contributed by atoms with Crippen LogP contribution in [-0.2, 0) is 6.42 Å². The van der Waals surface area contributed by atoms with E-state index in [0.717, 1.165) is 22.0 Å². The molecule has 2 nitrogen and oxygen atoms in total. The first-order valence-corrected chi connectivity index (χ1v) is 7.36. The Labute approximate surface area is 133 Å². The molecule has 1 aromatic heterocycles. The lowest BCUT2D eigenvalue weighted by Gasteiger charge is -2.14. The Morgan fingerprint density at radius 1 is 1.00 bits per heavy atom. The van der Waals surface area contributed by atoms with E-state index in [1.807, 2.05) is 36.4 Å². The number of hydrogen-bond donors (Lipinski definition) is 1. The van der Waals surface area contributed by atoms with Gasteiger partial charge in [0.1, 0.15) is 0 Å².